The summed E-state index contributed by atoms with van der Waals surface area (Å²) >= 11 is 0. The molecule has 0 radical (unpaired) electrons. The van der Waals surface area contributed by atoms with Gasteiger partial charge >= 0.3 is 0 Å². The van der Waals surface area contributed by atoms with Crippen molar-refractivity contribution in [2.75, 3.05) is 11.9 Å². The molecule has 19 heavy (non-hydrogen) atoms. The minimum atomic E-state index is 0.681. The van der Waals surface area contributed by atoms with Gasteiger partial charge in [-0.1, -0.05) is 13.0 Å². The van der Waals surface area contributed by atoms with E-state index in [1.807, 2.05) is 37.3 Å². The number of ether oxygens (including phenoxy) is 1. The molecule has 100 valence electrons. The smallest absolute Gasteiger partial charge is 0.125 e. The van der Waals surface area contributed by atoms with E-state index in [4.69, 9.17) is 4.74 Å². The average Bonchev–Trinajstić information content (AvgIpc) is 2.43. The number of hydrogen-bond donors (Lipinski definition) is 1. The first kappa shape index (κ1) is 13.3. The van der Waals surface area contributed by atoms with Gasteiger partial charge in [0, 0.05) is 18.0 Å². The highest BCUT2D eigenvalue weighted by Crippen LogP contribution is 2.18. The van der Waals surface area contributed by atoms with Gasteiger partial charge in [-0.3, -0.25) is 0 Å². The number of anilines is 1. The SMILES string of the molecule is CCCOc1cccc(NCc2ccnc(C)n2)c1. The van der Waals surface area contributed by atoms with Gasteiger partial charge < -0.3 is 10.1 Å². The summed E-state index contributed by atoms with van der Waals surface area (Å²) in [5, 5.41) is 3.33. The molecule has 0 atom stereocenters. The van der Waals surface area contributed by atoms with Gasteiger partial charge in [-0.05, 0) is 31.5 Å². The Morgan fingerprint density at radius 3 is 2.95 bits per heavy atom. The van der Waals surface area contributed by atoms with Gasteiger partial charge in [0.15, 0.2) is 0 Å². The molecule has 0 saturated heterocycles. The van der Waals surface area contributed by atoms with E-state index in [-0.39, 0.29) is 0 Å². The molecule has 0 aliphatic rings. The van der Waals surface area contributed by atoms with Crippen LogP contribution in [-0.4, -0.2) is 16.6 Å². The van der Waals surface area contributed by atoms with E-state index in [1.165, 1.54) is 0 Å². The zero-order chi connectivity index (χ0) is 13.5. The lowest BCUT2D eigenvalue weighted by Gasteiger charge is -2.09. The van der Waals surface area contributed by atoms with Crippen LogP contribution >= 0.6 is 0 Å². The molecule has 0 unspecified atom stereocenters. The highest BCUT2D eigenvalue weighted by atomic mass is 16.5. The molecule has 0 amide bonds. The fraction of sp³-hybridized carbons (Fsp3) is 0.333. The van der Waals surface area contributed by atoms with Crippen molar-refractivity contribution < 1.29 is 4.74 Å². The van der Waals surface area contributed by atoms with E-state index < -0.39 is 0 Å². The molecule has 0 bridgehead atoms. The third kappa shape index (κ3) is 4.25. The average molecular weight is 257 g/mol. The Labute approximate surface area is 113 Å². The standard InChI is InChI=1S/C15H19N3O/c1-3-9-19-15-6-4-5-13(10-15)17-11-14-7-8-16-12(2)18-14/h4-8,10,17H,3,9,11H2,1-2H3. The van der Waals surface area contributed by atoms with Crippen molar-refractivity contribution in [3.05, 3.63) is 48.0 Å². The molecule has 0 saturated carbocycles. The van der Waals surface area contributed by atoms with Gasteiger partial charge in [-0.2, -0.15) is 0 Å². The van der Waals surface area contributed by atoms with Crippen LogP contribution in [0.15, 0.2) is 36.5 Å². The second-order valence-electron chi connectivity index (χ2n) is 4.33. The van der Waals surface area contributed by atoms with E-state index in [1.54, 1.807) is 6.20 Å². The van der Waals surface area contributed by atoms with E-state index in [0.29, 0.717) is 6.54 Å². The van der Waals surface area contributed by atoms with Gasteiger partial charge in [0.1, 0.15) is 11.6 Å². The molecule has 4 nitrogen and oxygen atoms in total. The van der Waals surface area contributed by atoms with Gasteiger partial charge in [0.05, 0.1) is 18.8 Å². The van der Waals surface area contributed by atoms with Crippen LogP contribution in [0, 0.1) is 6.92 Å². The third-order valence-corrected chi connectivity index (χ3v) is 2.61. The Bertz CT molecular complexity index is 528. The van der Waals surface area contributed by atoms with Gasteiger partial charge in [0.25, 0.3) is 0 Å². The molecule has 4 heteroatoms. The molecule has 1 aromatic carbocycles. The molecule has 0 aliphatic heterocycles. The zero-order valence-corrected chi connectivity index (χ0v) is 11.4. The first-order valence-corrected chi connectivity index (χ1v) is 6.53. The number of hydrogen-bond acceptors (Lipinski definition) is 4. The van der Waals surface area contributed by atoms with Crippen LogP contribution in [0.5, 0.6) is 5.75 Å². The lowest BCUT2D eigenvalue weighted by Crippen LogP contribution is -2.03. The summed E-state index contributed by atoms with van der Waals surface area (Å²) in [6, 6.07) is 9.89. The molecule has 0 spiro atoms. The topological polar surface area (TPSA) is 47.0 Å². The number of rotatable bonds is 6. The van der Waals surface area contributed by atoms with Crippen LogP contribution in [0.3, 0.4) is 0 Å². The molecule has 2 rings (SSSR count). The van der Waals surface area contributed by atoms with Crippen molar-refractivity contribution in [3.63, 3.8) is 0 Å². The predicted molar refractivity (Wildman–Crippen MR) is 76.3 cm³/mol. The number of nitrogens with zero attached hydrogens (tertiary/aromatic N) is 2. The maximum Gasteiger partial charge on any atom is 0.125 e. The molecule has 0 aliphatic carbocycles. The highest BCUT2D eigenvalue weighted by molar-refractivity contribution is 5.48. The van der Waals surface area contributed by atoms with E-state index in [0.717, 1.165) is 36.0 Å². The quantitative estimate of drug-likeness (QED) is 0.863. The summed E-state index contributed by atoms with van der Waals surface area (Å²) in [7, 11) is 0. The van der Waals surface area contributed by atoms with Crippen LogP contribution in [0.1, 0.15) is 24.9 Å². The van der Waals surface area contributed by atoms with E-state index >= 15 is 0 Å². The van der Waals surface area contributed by atoms with Crippen LogP contribution < -0.4 is 10.1 Å². The zero-order valence-electron chi connectivity index (χ0n) is 11.4. The van der Waals surface area contributed by atoms with Gasteiger partial charge in [0.2, 0.25) is 0 Å². The first-order chi connectivity index (χ1) is 9.28. The normalized spacial score (nSPS) is 10.2. The lowest BCUT2D eigenvalue weighted by atomic mass is 10.3. The third-order valence-electron chi connectivity index (χ3n) is 2.61. The highest BCUT2D eigenvalue weighted by Gasteiger charge is 1.98. The minimum Gasteiger partial charge on any atom is -0.494 e. The summed E-state index contributed by atoms with van der Waals surface area (Å²) in [4.78, 5) is 8.44. The van der Waals surface area contributed by atoms with Gasteiger partial charge in [-0.15, -0.1) is 0 Å². The number of benzene rings is 1. The minimum absolute atomic E-state index is 0.681. The van der Waals surface area contributed by atoms with E-state index in [2.05, 4.69) is 22.2 Å². The van der Waals surface area contributed by atoms with Crippen LogP contribution in [0.4, 0.5) is 5.69 Å². The largest absolute Gasteiger partial charge is 0.494 e. The van der Waals surface area contributed by atoms with Crippen molar-refractivity contribution in [2.24, 2.45) is 0 Å². The summed E-state index contributed by atoms with van der Waals surface area (Å²) in [6.07, 6.45) is 2.79. The summed E-state index contributed by atoms with van der Waals surface area (Å²) in [5.41, 5.74) is 2.01. The Kier molecular flexibility index (Phi) is 4.72. The van der Waals surface area contributed by atoms with Crippen molar-refractivity contribution in [1.82, 2.24) is 9.97 Å². The second kappa shape index (κ2) is 6.73. The Balaban J connectivity index is 1.95. The lowest BCUT2D eigenvalue weighted by molar-refractivity contribution is 0.317. The number of aromatic nitrogens is 2. The molecule has 1 aromatic heterocycles. The second-order valence-corrected chi connectivity index (χ2v) is 4.33. The van der Waals surface area contributed by atoms with Crippen molar-refractivity contribution >= 4 is 5.69 Å². The predicted octanol–water partition coefficient (Wildman–Crippen LogP) is 3.19. The molecule has 1 heterocycles. The first-order valence-electron chi connectivity index (χ1n) is 6.53. The fourth-order valence-corrected chi connectivity index (χ4v) is 1.71. The van der Waals surface area contributed by atoms with Crippen LogP contribution in [0.25, 0.3) is 0 Å². The summed E-state index contributed by atoms with van der Waals surface area (Å²) < 4.78 is 5.60. The van der Waals surface area contributed by atoms with Crippen molar-refractivity contribution in [3.8, 4) is 5.75 Å². The maximum absolute atomic E-state index is 5.60. The summed E-state index contributed by atoms with van der Waals surface area (Å²) in [6.45, 7) is 5.41. The molecule has 2 aromatic rings. The molecular weight excluding hydrogens is 238 g/mol. The van der Waals surface area contributed by atoms with Crippen LogP contribution in [0.2, 0.25) is 0 Å². The molecular formula is C15H19N3O. The summed E-state index contributed by atoms with van der Waals surface area (Å²) in [5.74, 6) is 1.69. The Morgan fingerprint density at radius 2 is 2.16 bits per heavy atom. The van der Waals surface area contributed by atoms with Crippen molar-refractivity contribution in [1.29, 1.82) is 0 Å². The maximum atomic E-state index is 5.60. The van der Waals surface area contributed by atoms with Crippen LogP contribution in [-0.2, 0) is 6.54 Å². The van der Waals surface area contributed by atoms with Crippen molar-refractivity contribution in [2.45, 2.75) is 26.8 Å². The molecule has 0 fully saturated rings. The number of nitrogens with one attached hydrogen (secondary N) is 1. The molecule has 1 N–H and O–H groups in total. The number of aryl methyl sites for hydroxylation is 1. The Morgan fingerprint density at radius 1 is 1.26 bits per heavy atom. The Hall–Kier alpha value is -2.10. The monoisotopic (exact) mass is 257 g/mol. The van der Waals surface area contributed by atoms with E-state index in [9.17, 15) is 0 Å². The fourth-order valence-electron chi connectivity index (χ4n) is 1.71. The van der Waals surface area contributed by atoms with Gasteiger partial charge in [-0.25, -0.2) is 9.97 Å².